The molecule has 140 valence electrons. The number of amides is 1. The van der Waals surface area contributed by atoms with Crippen LogP contribution < -0.4 is 0 Å². The zero-order chi connectivity index (χ0) is 17.7. The van der Waals surface area contributed by atoms with E-state index >= 15 is 0 Å². The summed E-state index contributed by atoms with van der Waals surface area (Å²) >= 11 is 1.76. The third-order valence-electron chi connectivity index (χ3n) is 5.78. The van der Waals surface area contributed by atoms with Gasteiger partial charge in [0.05, 0.1) is 6.61 Å². The Morgan fingerprint density at radius 1 is 1.40 bits per heavy atom. The van der Waals surface area contributed by atoms with E-state index < -0.39 is 0 Å². The molecule has 2 saturated heterocycles. The lowest BCUT2D eigenvalue weighted by Gasteiger charge is -2.42. The number of piperidine rings is 1. The van der Waals surface area contributed by atoms with Crippen molar-refractivity contribution in [1.82, 2.24) is 9.80 Å². The zero-order valence-electron chi connectivity index (χ0n) is 15.4. The number of likely N-dealkylation sites (tertiary alicyclic amines) is 2. The Morgan fingerprint density at radius 3 is 2.84 bits per heavy atom. The van der Waals surface area contributed by atoms with Crippen molar-refractivity contribution < 1.29 is 14.3 Å². The maximum absolute atomic E-state index is 12.2. The van der Waals surface area contributed by atoms with Crippen molar-refractivity contribution in [3.8, 4) is 0 Å². The second-order valence-electron chi connectivity index (χ2n) is 7.33. The van der Waals surface area contributed by atoms with Crippen molar-refractivity contribution in [2.24, 2.45) is 11.3 Å². The Morgan fingerprint density at radius 2 is 2.20 bits per heavy atom. The van der Waals surface area contributed by atoms with E-state index in [1.165, 1.54) is 5.56 Å². The second-order valence-corrected chi connectivity index (χ2v) is 8.11. The molecule has 1 atom stereocenters. The van der Waals surface area contributed by atoms with Gasteiger partial charge in [0, 0.05) is 52.4 Å². The average Bonchev–Trinajstić information content (AvgIpc) is 3.23. The fraction of sp³-hybridized carbons (Fsp3) is 0.737. The molecule has 2 aliphatic rings. The molecule has 2 fully saturated rings. The molecule has 0 N–H and O–H groups in total. The lowest BCUT2D eigenvalue weighted by Crippen LogP contribution is -2.48. The quantitative estimate of drug-likeness (QED) is 0.743. The smallest absolute Gasteiger partial charge is 0.248 e. The molecular formula is C19H30N2O3S. The second kappa shape index (κ2) is 8.62. The topological polar surface area (TPSA) is 42.0 Å². The van der Waals surface area contributed by atoms with Crippen molar-refractivity contribution in [1.29, 1.82) is 0 Å². The number of hydrogen-bond acceptors (Lipinski definition) is 5. The lowest BCUT2D eigenvalue weighted by atomic mass is 9.71. The largest absolute Gasteiger partial charge is 0.384 e. The number of carbonyl (C=O) groups is 1. The number of nitrogens with zero attached hydrogens (tertiary/aromatic N) is 2. The maximum Gasteiger partial charge on any atom is 0.248 e. The van der Waals surface area contributed by atoms with E-state index in [4.69, 9.17) is 9.47 Å². The first kappa shape index (κ1) is 18.8. The van der Waals surface area contributed by atoms with Crippen LogP contribution in [-0.4, -0.2) is 68.8 Å². The fourth-order valence-corrected chi connectivity index (χ4v) is 5.04. The minimum Gasteiger partial charge on any atom is -0.384 e. The van der Waals surface area contributed by atoms with E-state index in [1.54, 1.807) is 18.4 Å². The summed E-state index contributed by atoms with van der Waals surface area (Å²) in [6.07, 6.45) is 2.14. The first-order chi connectivity index (χ1) is 12.2. The Kier molecular flexibility index (Phi) is 6.49. The highest BCUT2D eigenvalue weighted by molar-refractivity contribution is 7.07. The van der Waals surface area contributed by atoms with Gasteiger partial charge in [0.25, 0.3) is 0 Å². The predicted octanol–water partition coefficient (Wildman–Crippen LogP) is 2.47. The number of methoxy groups -OCH3 is 1. The summed E-state index contributed by atoms with van der Waals surface area (Å²) in [4.78, 5) is 16.8. The van der Waals surface area contributed by atoms with Gasteiger partial charge in [-0.2, -0.15) is 11.3 Å². The molecule has 0 aromatic carbocycles. The van der Waals surface area contributed by atoms with Crippen molar-refractivity contribution in [3.63, 3.8) is 0 Å². The van der Waals surface area contributed by atoms with Crippen molar-refractivity contribution in [2.75, 3.05) is 53.1 Å². The average molecular weight is 367 g/mol. The molecule has 25 heavy (non-hydrogen) atoms. The third-order valence-corrected chi connectivity index (χ3v) is 6.51. The van der Waals surface area contributed by atoms with Gasteiger partial charge in [0.2, 0.25) is 5.91 Å². The molecule has 5 nitrogen and oxygen atoms in total. The molecular weight excluding hydrogens is 336 g/mol. The van der Waals surface area contributed by atoms with Gasteiger partial charge in [-0.25, -0.2) is 0 Å². The van der Waals surface area contributed by atoms with E-state index in [0.29, 0.717) is 12.5 Å². The number of rotatable bonds is 7. The summed E-state index contributed by atoms with van der Waals surface area (Å²) < 4.78 is 10.8. The van der Waals surface area contributed by atoms with Gasteiger partial charge >= 0.3 is 0 Å². The minimum atomic E-state index is 0.133. The van der Waals surface area contributed by atoms with E-state index in [9.17, 15) is 4.79 Å². The highest BCUT2D eigenvalue weighted by Gasteiger charge is 2.48. The first-order valence-electron chi connectivity index (χ1n) is 9.25. The highest BCUT2D eigenvalue weighted by Crippen LogP contribution is 2.45. The van der Waals surface area contributed by atoms with E-state index in [0.717, 1.165) is 52.2 Å². The molecule has 3 heterocycles. The van der Waals surface area contributed by atoms with Crippen LogP contribution in [0.15, 0.2) is 16.8 Å². The van der Waals surface area contributed by atoms with Crippen LogP contribution in [0, 0.1) is 11.3 Å². The summed E-state index contributed by atoms with van der Waals surface area (Å²) in [6.45, 7) is 8.48. The molecule has 0 saturated carbocycles. The normalized spacial score (nSPS) is 23.4. The SMILES string of the molecule is CCOCC(=O)N1CCC2(CC1)CN(Cc1ccsc1)CC2COC. The molecule has 1 spiro atoms. The molecule has 2 aliphatic heterocycles. The number of carbonyl (C=O) groups excluding carboxylic acids is 1. The molecule has 1 unspecified atom stereocenters. The van der Waals surface area contributed by atoms with Gasteiger partial charge < -0.3 is 14.4 Å². The standard InChI is InChI=1S/C19H30N2O3S/c1-3-24-13-18(22)21-7-5-19(6-8-21)15-20(11-17(19)12-23-2)10-16-4-9-25-14-16/h4,9,14,17H,3,5-8,10-13,15H2,1-2H3. The van der Waals surface area contributed by atoms with Crippen LogP contribution in [0.2, 0.25) is 0 Å². The number of thiophene rings is 1. The van der Waals surface area contributed by atoms with Crippen molar-refractivity contribution in [3.05, 3.63) is 22.4 Å². The molecule has 3 rings (SSSR count). The van der Waals surface area contributed by atoms with Gasteiger partial charge in [-0.15, -0.1) is 0 Å². The van der Waals surface area contributed by atoms with Crippen LogP contribution in [-0.2, 0) is 20.8 Å². The van der Waals surface area contributed by atoms with Crippen LogP contribution in [0.5, 0.6) is 0 Å². The Balaban J connectivity index is 1.60. The number of ether oxygens (including phenoxy) is 2. The number of hydrogen-bond donors (Lipinski definition) is 0. The molecule has 0 radical (unpaired) electrons. The van der Waals surface area contributed by atoms with E-state index in [2.05, 4.69) is 21.7 Å². The van der Waals surface area contributed by atoms with Gasteiger partial charge in [-0.05, 0) is 47.6 Å². The summed E-state index contributed by atoms with van der Waals surface area (Å²) in [6, 6.07) is 2.22. The van der Waals surface area contributed by atoms with Crippen LogP contribution in [0.25, 0.3) is 0 Å². The van der Waals surface area contributed by atoms with Crippen LogP contribution >= 0.6 is 11.3 Å². The molecule has 1 aromatic rings. The van der Waals surface area contributed by atoms with Gasteiger partial charge in [0.1, 0.15) is 6.61 Å². The summed E-state index contributed by atoms with van der Waals surface area (Å²) in [5.41, 5.74) is 1.69. The highest BCUT2D eigenvalue weighted by atomic mass is 32.1. The first-order valence-corrected chi connectivity index (χ1v) is 10.2. The zero-order valence-corrected chi connectivity index (χ0v) is 16.2. The van der Waals surface area contributed by atoms with Crippen LogP contribution in [0.3, 0.4) is 0 Å². The predicted molar refractivity (Wildman–Crippen MR) is 99.7 cm³/mol. The van der Waals surface area contributed by atoms with E-state index in [-0.39, 0.29) is 17.9 Å². The fourth-order valence-electron chi connectivity index (χ4n) is 4.38. The van der Waals surface area contributed by atoms with Crippen molar-refractivity contribution >= 4 is 17.2 Å². The molecule has 1 amide bonds. The summed E-state index contributed by atoms with van der Waals surface area (Å²) in [5.74, 6) is 0.688. The summed E-state index contributed by atoms with van der Waals surface area (Å²) in [7, 11) is 1.80. The molecule has 0 bridgehead atoms. The lowest BCUT2D eigenvalue weighted by molar-refractivity contribution is -0.138. The molecule has 0 aliphatic carbocycles. The molecule has 1 aromatic heterocycles. The third kappa shape index (κ3) is 4.42. The minimum absolute atomic E-state index is 0.133. The van der Waals surface area contributed by atoms with Crippen LogP contribution in [0.1, 0.15) is 25.3 Å². The van der Waals surface area contributed by atoms with Gasteiger partial charge in [-0.1, -0.05) is 0 Å². The van der Waals surface area contributed by atoms with Crippen molar-refractivity contribution in [2.45, 2.75) is 26.3 Å². The van der Waals surface area contributed by atoms with Crippen LogP contribution in [0.4, 0.5) is 0 Å². The van der Waals surface area contributed by atoms with E-state index in [1.807, 2.05) is 11.8 Å². The van der Waals surface area contributed by atoms with Gasteiger partial charge in [-0.3, -0.25) is 9.69 Å². The summed E-state index contributed by atoms with van der Waals surface area (Å²) in [5, 5.41) is 4.39. The Labute approximate surface area is 154 Å². The molecule has 6 heteroatoms. The maximum atomic E-state index is 12.2. The monoisotopic (exact) mass is 366 g/mol. The Hall–Kier alpha value is -0.950. The Bertz CT molecular complexity index is 541. The van der Waals surface area contributed by atoms with Gasteiger partial charge in [0.15, 0.2) is 0 Å².